The molecule has 0 unspecified atom stereocenters. The Morgan fingerprint density at radius 3 is 2.61 bits per heavy atom. The molecule has 2 aromatic heterocycles. The number of imidazole rings is 1. The topological polar surface area (TPSA) is 84.7 Å². The van der Waals surface area contributed by atoms with Crippen molar-refractivity contribution >= 4 is 39.6 Å². The van der Waals surface area contributed by atoms with Crippen LogP contribution in [0.5, 0.6) is 11.5 Å². The zero-order valence-electron chi connectivity index (χ0n) is 18.3. The van der Waals surface area contributed by atoms with E-state index in [-0.39, 0.29) is 0 Å². The van der Waals surface area contributed by atoms with Crippen LogP contribution in [0.4, 0.5) is 5.95 Å². The summed E-state index contributed by atoms with van der Waals surface area (Å²) in [4.78, 5) is 7.73. The number of nitrogens with one attached hydrogen (secondary N) is 2. The second-order valence-corrected chi connectivity index (χ2v) is 7.90. The van der Waals surface area contributed by atoms with Crippen molar-refractivity contribution in [2.75, 3.05) is 19.6 Å². The van der Waals surface area contributed by atoms with Gasteiger partial charge in [-0.3, -0.25) is 0 Å². The normalized spacial score (nSPS) is 11.8. The smallest absolute Gasteiger partial charge is 0.222 e. The fraction of sp³-hybridized carbons (Fsp3) is 0.120. The number of halogens is 1. The lowest BCUT2D eigenvalue weighted by atomic mass is 10.1. The molecule has 0 aliphatic carbocycles. The number of para-hydroxylation sites is 2. The summed E-state index contributed by atoms with van der Waals surface area (Å²) in [6.07, 6.45) is 0. The Labute approximate surface area is 194 Å². The molecule has 0 fully saturated rings. The zero-order valence-corrected chi connectivity index (χ0v) is 19.0. The quantitative estimate of drug-likeness (QED) is 0.320. The Kier molecular flexibility index (Phi) is 5.40. The number of H-pyrrole nitrogens is 1. The number of methoxy groups -OCH3 is 2. The van der Waals surface area contributed by atoms with Crippen LogP contribution >= 0.6 is 11.6 Å². The SMILES string of the molecule is COc1ccc(-c2c/c(=N\Nc3nc4ccccc4[nH]3)c3cc(Cl)c(C)cc3o2)cc1OC. The summed E-state index contributed by atoms with van der Waals surface area (Å²) in [5.41, 5.74) is 7.20. The molecule has 2 heterocycles. The number of benzene rings is 3. The highest BCUT2D eigenvalue weighted by atomic mass is 35.5. The van der Waals surface area contributed by atoms with Gasteiger partial charge in [-0.25, -0.2) is 10.4 Å². The van der Waals surface area contributed by atoms with Gasteiger partial charge in [-0.1, -0.05) is 23.7 Å². The summed E-state index contributed by atoms with van der Waals surface area (Å²) in [5, 5.41) is 6.68. The number of anilines is 1. The summed E-state index contributed by atoms with van der Waals surface area (Å²) in [7, 11) is 3.20. The monoisotopic (exact) mass is 460 g/mol. The molecule has 7 nitrogen and oxygen atoms in total. The third-order valence-electron chi connectivity index (χ3n) is 5.36. The third kappa shape index (κ3) is 3.99. The number of aryl methyl sites for hydroxylation is 1. The van der Waals surface area contributed by atoms with Gasteiger partial charge < -0.3 is 18.9 Å². The van der Waals surface area contributed by atoms with Crippen molar-refractivity contribution in [2.45, 2.75) is 6.92 Å². The summed E-state index contributed by atoms with van der Waals surface area (Å²) >= 11 is 6.41. The second kappa shape index (κ2) is 8.52. The Morgan fingerprint density at radius 1 is 1.00 bits per heavy atom. The number of hydrogen-bond acceptors (Lipinski definition) is 6. The summed E-state index contributed by atoms with van der Waals surface area (Å²) in [5.74, 6) is 2.41. The minimum Gasteiger partial charge on any atom is -0.493 e. The molecule has 0 bridgehead atoms. The molecule has 5 aromatic rings. The second-order valence-electron chi connectivity index (χ2n) is 7.49. The van der Waals surface area contributed by atoms with E-state index in [1.54, 1.807) is 14.2 Å². The number of ether oxygens (including phenoxy) is 2. The highest BCUT2D eigenvalue weighted by Gasteiger charge is 2.12. The predicted octanol–water partition coefficient (Wildman–Crippen LogP) is 5.88. The van der Waals surface area contributed by atoms with Gasteiger partial charge in [0.2, 0.25) is 5.95 Å². The summed E-state index contributed by atoms with van der Waals surface area (Å²) < 4.78 is 17.0. The molecule has 0 spiro atoms. The molecular formula is C25H21ClN4O3. The average molecular weight is 461 g/mol. The molecule has 0 radical (unpaired) electrons. The van der Waals surface area contributed by atoms with Gasteiger partial charge in [0, 0.05) is 22.0 Å². The minimum absolute atomic E-state index is 0.538. The number of hydrogen-bond donors (Lipinski definition) is 2. The fourth-order valence-corrected chi connectivity index (χ4v) is 3.80. The fourth-order valence-electron chi connectivity index (χ4n) is 3.63. The molecule has 2 N–H and O–H groups in total. The first-order valence-corrected chi connectivity index (χ1v) is 10.6. The molecule has 0 saturated heterocycles. The van der Waals surface area contributed by atoms with Crippen molar-refractivity contribution in [3.05, 3.63) is 76.6 Å². The van der Waals surface area contributed by atoms with Gasteiger partial charge in [-0.2, -0.15) is 5.10 Å². The third-order valence-corrected chi connectivity index (χ3v) is 5.77. The maximum Gasteiger partial charge on any atom is 0.222 e. The van der Waals surface area contributed by atoms with E-state index < -0.39 is 0 Å². The van der Waals surface area contributed by atoms with Crippen LogP contribution in [-0.2, 0) is 0 Å². The molecule has 33 heavy (non-hydrogen) atoms. The standard InChI is InChI=1S/C25H21ClN4O3/c1-14-10-23-16(12-17(14)26)20(29-30-25-27-18-6-4-5-7-19(18)28-25)13-22(33-23)15-8-9-21(31-2)24(11-15)32-3/h4-13H,1-3H3,(H2,27,28,30)/b29-20+. The Bertz CT molecular complexity index is 1520. The number of aromatic amines is 1. The molecule has 0 saturated carbocycles. The van der Waals surface area contributed by atoms with Crippen LogP contribution in [0.25, 0.3) is 33.3 Å². The maximum absolute atomic E-state index is 6.41. The van der Waals surface area contributed by atoms with E-state index in [0.29, 0.717) is 39.2 Å². The van der Waals surface area contributed by atoms with E-state index >= 15 is 0 Å². The lowest BCUT2D eigenvalue weighted by Gasteiger charge is -2.10. The Morgan fingerprint density at radius 2 is 1.82 bits per heavy atom. The van der Waals surface area contributed by atoms with E-state index in [0.717, 1.165) is 27.5 Å². The van der Waals surface area contributed by atoms with E-state index in [4.69, 9.17) is 25.5 Å². The van der Waals surface area contributed by atoms with Crippen molar-refractivity contribution in [3.63, 3.8) is 0 Å². The summed E-state index contributed by atoms with van der Waals surface area (Å²) in [6.45, 7) is 1.93. The Balaban J connectivity index is 1.66. The molecule has 0 atom stereocenters. The molecule has 0 amide bonds. The van der Waals surface area contributed by atoms with E-state index in [1.165, 1.54) is 0 Å². The van der Waals surface area contributed by atoms with Crippen LogP contribution in [0.3, 0.4) is 0 Å². The maximum atomic E-state index is 6.41. The van der Waals surface area contributed by atoms with Crippen molar-refractivity contribution in [2.24, 2.45) is 5.10 Å². The van der Waals surface area contributed by atoms with Crippen molar-refractivity contribution in [1.82, 2.24) is 9.97 Å². The number of nitrogens with zero attached hydrogens (tertiary/aromatic N) is 2. The minimum atomic E-state index is 0.538. The van der Waals surface area contributed by atoms with Crippen LogP contribution in [0.1, 0.15) is 5.56 Å². The van der Waals surface area contributed by atoms with E-state index in [1.807, 2.05) is 67.6 Å². The van der Waals surface area contributed by atoms with Gasteiger partial charge in [0.15, 0.2) is 11.5 Å². The van der Waals surface area contributed by atoms with Crippen LogP contribution in [0.2, 0.25) is 5.02 Å². The molecular weight excluding hydrogens is 440 g/mol. The van der Waals surface area contributed by atoms with Crippen LogP contribution in [0.15, 0.2) is 70.2 Å². The Hall–Kier alpha value is -3.97. The summed E-state index contributed by atoms with van der Waals surface area (Å²) in [6, 6.07) is 19.0. The van der Waals surface area contributed by atoms with Crippen LogP contribution in [0, 0.1) is 6.92 Å². The first-order chi connectivity index (χ1) is 16.1. The average Bonchev–Trinajstić information content (AvgIpc) is 3.26. The largest absolute Gasteiger partial charge is 0.493 e. The first-order valence-electron chi connectivity index (χ1n) is 10.3. The van der Waals surface area contributed by atoms with Gasteiger partial charge >= 0.3 is 0 Å². The molecule has 8 heteroatoms. The highest BCUT2D eigenvalue weighted by molar-refractivity contribution is 6.32. The molecule has 0 aliphatic rings. The number of rotatable bonds is 5. The van der Waals surface area contributed by atoms with Crippen LogP contribution in [-0.4, -0.2) is 24.2 Å². The van der Waals surface area contributed by atoms with E-state index in [9.17, 15) is 0 Å². The van der Waals surface area contributed by atoms with Crippen molar-refractivity contribution < 1.29 is 13.9 Å². The molecule has 5 rings (SSSR count). The van der Waals surface area contributed by atoms with Gasteiger partial charge in [-0.05, 0) is 55.0 Å². The van der Waals surface area contributed by atoms with Gasteiger partial charge in [0.1, 0.15) is 11.3 Å². The molecule has 166 valence electrons. The number of aromatic nitrogens is 2. The van der Waals surface area contributed by atoms with Crippen molar-refractivity contribution in [1.29, 1.82) is 0 Å². The van der Waals surface area contributed by atoms with E-state index in [2.05, 4.69) is 20.5 Å². The highest BCUT2D eigenvalue weighted by Crippen LogP contribution is 2.33. The van der Waals surface area contributed by atoms with Gasteiger partial charge in [-0.15, -0.1) is 0 Å². The molecule has 0 aliphatic heterocycles. The lowest BCUT2D eigenvalue weighted by Crippen LogP contribution is -2.08. The number of fused-ring (bicyclic) bond motifs is 2. The van der Waals surface area contributed by atoms with Gasteiger partial charge in [0.25, 0.3) is 0 Å². The zero-order chi connectivity index (χ0) is 22.9. The molecule has 3 aromatic carbocycles. The first kappa shape index (κ1) is 20.9. The van der Waals surface area contributed by atoms with Crippen LogP contribution < -0.4 is 20.3 Å². The predicted molar refractivity (Wildman–Crippen MR) is 130 cm³/mol. The van der Waals surface area contributed by atoms with Gasteiger partial charge in [0.05, 0.1) is 30.6 Å². The lowest BCUT2D eigenvalue weighted by molar-refractivity contribution is 0.355. The van der Waals surface area contributed by atoms with Crippen molar-refractivity contribution in [3.8, 4) is 22.8 Å².